The quantitative estimate of drug-likeness (QED) is 0.813. The van der Waals surface area contributed by atoms with Crippen LogP contribution in [0.4, 0.5) is 11.4 Å². The fraction of sp³-hybridized carbons (Fsp3) is 0.263. The zero-order chi connectivity index (χ0) is 19.3. The molecule has 0 aliphatic rings. The minimum atomic E-state index is -3.58. The molecule has 0 radical (unpaired) electrons. The number of nitrogens with one attached hydrogen (secondary N) is 2. The molecule has 0 aliphatic carbocycles. The standard InChI is InChI=1S/C19H22N2O4S/c1-13-10-14(2)12-17(11-13)21-19(23)8-9-26(24,25)18-6-4-16(5-7-18)20-15(3)22/h4-7,10-12H,8-9H2,1-3H3,(H,20,22)(H,21,23). The number of hydrogen-bond donors (Lipinski definition) is 2. The van der Waals surface area contributed by atoms with Gasteiger partial charge in [-0.2, -0.15) is 0 Å². The number of sulfone groups is 1. The number of rotatable bonds is 6. The summed E-state index contributed by atoms with van der Waals surface area (Å²) < 4.78 is 24.7. The van der Waals surface area contributed by atoms with Crippen molar-refractivity contribution in [3.8, 4) is 0 Å². The van der Waals surface area contributed by atoms with E-state index in [2.05, 4.69) is 10.6 Å². The summed E-state index contributed by atoms with van der Waals surface area (Å²) in [5, 5.41) is 5.30. The molecule has 0 fully saturated rings. The number of benzene rings is 2. The van der Waals surface area contributed by atoms with Crippen molar-refractivity contribution in [2.24, 2.45) is 0 Å². The van der Waals surface area contributed by atoms with Crippen LogP contribution < -0.4 is 10.6 Å². The Morgan fingerprint density at radius 1 is 0.885 bits per heavy atom. The predicted octanol–water partition coefficient (Wildman–Crippen LogP) is 3.06. The van der Waals surface area contributed by atoms with Crippen molar-refractivity contribution >= 4 is 33.0 Å². The van der Waals surface area contributed by atoms with E-state index in [0.29, 0.717) is 11.4 Å². The van der Waals surface area contributed by atoms with E-state index in [1.165, 1.54) is 31.2 Å². The monoisotopic (exact) mass is 374 g/mol. The summed E-state index contributed by atoms with van der Waals surface area (Å²) in [6.45, 7) is 5.23. The number of carbonyl (C=O) groups excluding carboxylic acids is 2. The highest BCUT2D eigenvalue weighted by Gasteiger charge is 2.17. The van der Waals surface area contributed by atoms with Crippen molar-refractivity contribution in [3.63, 3.8) is 0 Å². The zero-order valence-corrected chi connectivity index (χ0v) is 15.8. The van der Waals surface area contributed by atoms with Crippen LogP contribution in [0.25, 0.3) is 0 Å². The molecule has 26 heavy (non-hydrogen) atoms. The van der Waals surface area contributed by atoms with E-state index in [0.717, 1.165) is 11.1 Å². The van der Waals surface area contributed by atoms with E-state index < -0.39 is 9.84 Å². The molecule has 2 amide bonds. The Balaban J connectivity index is 1.98. The fourth-order valence-electron chi connectivity index (χ4n) is 2.56. The first-order valence-electron chi connectivity index (χ1n) is 8.14. The van der Waals surface area contributed by atoms with Crippen molar-refractivity contribution < 1.29 is 18.0 Å². The second kappa shape index (κ2) is 8.14. The molecular formula is C19H22N2O4S. The summed E-state index contributed by atoms with van der Waals surface area (Å²) in [5.74, 6) is -0.875. The molecule has 6 nitrogen and oxygen atoms in total. The summed E-state index contributed by atoms with van der Waals surface area (Å²) in [4.78, 5) is 23.2. The molecule has 2 aromatic rings. The van der Waals surface area contributed by atoms with Gasteiger partial charge in [0.2, 0.25) is 11.8 Å². The highest BCUT2D eigenvalue weighted by molar-refractivity contribution is 7.91. The van der Waals surface area contributed by atoms with Crippen molar-refractivity contribution in [2.45, 2.75) is 32.1 Å². The molecule has 2 rings (SSSR count). The van der Waals surface area contributed by atoms with Crippen LogP contribution in [0.3, 0.4) is 0 Å². The fourth-order valence-corrected chi connectivity index (χ4v) is 3.80. The maximum absolute atomic E-state index is 12.4. The number of amides is 2. The van der Waals surface area contributed by atoms with Crippen LogP contribution in [-0.2, 0) is 19.4 Å². The van der Waals surface area contributed by atoms with Crippen LogP contribution in [0.1, 0.15) is 24.5 Å². The molecule has 0 unspecified atom stereocenters. The van der Waals surface area contributed by atoms with Crippen molar-refractivity contribution in [2.75, 3.05) is 16.4 Å². The van der Waals surface area contributed by atoms with Gasteiger partial charge in [-0.05, 0) is 61.4 Å². The Kier molecular flexibility index (Phi) is 6.15. The van der Waals surface area contributed by atoms with Gasteiger partial charge >= 0.3 is 0 Å². The molecule has 0 bridgehead atoms. The first-order valence-corrected chi connectivity index (χ1v) is 9.79. The summed E-state index contributed by atoms with van der Waals surface area (Å²) >= 11 is 0. The lowest BCUT2D eigenvalue weighted by atomic mass is 10.1. The summed E-state index contributed by atoms with van der Waals surface area (Å²) in [6.07, 6.45) is -0.136. The summed E-state index contributed by atoms with van der Waals surface area (Å²) in [5.41, 5.74) is 3.22. The molecule has 0 heterocycles. The van der Waals surface area contributed by atoms with E-state index in [1.807, 2.05) is 32.0 Å². The van der Waals surface area contributed by atoms with E-state index in [9.17, 15) is 18.0 Å². The Labute approximate surface area is 153 Å². The maximum Gasteiger partial charge on any atom is 0.225 e. The molecule has 0 saturated heterocycles. The van der Waals surface area contributed by atoms with E-state index in [-0.39, 0.29) is 28.9 Å². The molecule has 0 atom stereocenters. The third kappa shape index (κ3) is 5.70. The Morgan fingerprint density at radius 2 is 1.46 bits per heavy atom. The third-order valence-electron chi connectivity index (χ3n) is 3.64. The van der Waals surface area contributed by atoms with Gasteiger partial charge in [0.25, 0.3) is 0 Å². The molecule has 138 valence electrons. The first kappa shape index (κ1) is 19.7. The van der Waals surface area contributed by atoms with Gasteiger partial charge in [0, 0.05) is 24.7 Å². The second-order valence-corrected chi connectivity index (χ2v) is 8.31. The topological polar surface area (TPSA) is 92.3 Å². The largest absolute Gasteiger partial charge is 0.326 e. The maximum atomic E-state index is 12.4. The number of hydrogen-bond acceptors (Lipinski definition) is 4. The van der Waals surface area contributed by atoms with Gasteiger partial charge in [-0.3, -0.25) is 9.59 Å². The van der Waals surface area contributed by atoms with Gasteiger partial charge in [0.1, 0.15) is 0 Å². The highest BCUT2D eigenvalue weighted by atomic mass is 32.2. The van der Waals surface area contributed by atoms with Gasteiger partial charge in [-0.15, -0.1) is 0 Å². The minimum Gasteiger partial charge on any atom is -0.326 e. The van der Waals surface area contributed by atoms with Crippen LogP contribution in [-0.4, -0.2) is 26.0 Å². The second-order valence-electron chi connectivity index (χ2n) is 6.20. The third-order valence-corrected chi connectivity index (χ3v) is 5.37. The number of aryl methyl sites for hydroxylation is 2. The normalized spacial score (nSPS) is 11.0. The molecule has 0 aromatic heterocycles. The molecular weight excluding hydrogens is 352 g/mol. The lowest BCUT2D eigenvalue weighted by Crippen LogP contribution is -2.17. The van der Waals surface area contributed by atoms with Crippen LogP contribution in [0.2, 0.25) is 0 Å². The molecule has 0 spiro atoms. The van der Waals surface area contributed by atoms with Crippen LogP contribution in [0, 0.1) is 13.8 Å². The van der Waals surface area contributed by atoms with Crippen molar-refractivity contribution in [1.82, 2.24) is 0 Å². The first-order chi connectivity index (χ1) is 12.2. The number of carbonyl (C=O) groups is 2. The zero-order valence-electron chi connectivity index (χ0n) is 15.0. The molecule has 7 heteroatoms. The molecule has 0 aliphatic heterocycles. The Bertz CT molecular complexity index is 899. The highest BCUT2D eigenvalue weighted by Crippen LogP contribution is 2.17. The minimum absolute atomic E-state index is 0.116. The predicted molar refractivity (Wildman–Crippen MR) is 102 cm³/mol. The van der Waals surface area contributed by atoms with Gasteiger partial charge in [0.05, 0.1) is 10.6 Å². The summed E-state index contributed by atoms with van der Waals surface area (Å²) in [6, 6.07) is 11.5. The molecule has 0 saturated carbocycles. The summed E-state index contributed by atoms with van der Waals surface area (Å²) in [7, 11) is -3.58. The van der Waals surface area contributed by atoms with Crippen LogP contribution in [0.15, 0.2) is 47.4 Å². The molecule has 2 N–H and O–H groups in total. The van der Waals surface area contributed by atoms with Crippen molar-refractivity contribution in [1.29, 1.82) is 0 Å². The van der Waals surface area contributed by atoms with Crippen molar-refractivity contribution in [3.05, 3.63) is 53.6 Å². The van der Waals surface area contributed by atoms with Crippen LogP contribution in [0.5, 0.6) is 0 Å². The lowest BCUT2D eigenvalue weighted by molar-refractivity contribution is -0.116. The average Bonchev–Trinajstić information content (AvgIpc) is 2.52. The van der Waals surface area contributed by atoms with Gasteiger partial charge in [0.15, 0.2) is 9.84 Å². The molecule has 2 aromatic carbocycles. The van der Waals surface area contributed by atoms with Gasteiger partial charge < -0.3 is 10.6 Å². The Hall–Kier alpha value is -2.67. The van der Waals surface area contributed by atoms with Gasteiger partial charge in [-0.25, -0.2) is 8.42 Å². The van der Waals surface area contributed by atoms with E-state index in [4.69, 9.17) is 0 Å². The van der Waals surface area contributed by atoms with Gasteiger partial charge in [-0.1, -0.05) is 6.07 Å². The van der Waals surface area contributed by atoms with E-state index >= 15 is 0 Å². The SMILES string of the molecule is CC(=O)Nc1ccc(S(=O)(=O)CCC(=O)Nc2cc(C)cc(C)c2)cc1. The van der Waals surface area contributed by atoms with E-state index in [1.54, 1.807) is 0 Å². The number of anilines is 2. The lowest BCUT2D eigenvalue weighted by Gasteiger charge is -2.09. The smallest absolute Gasteiger partial charge is 0.225 e. The average molecular weight is 374 g/mol. The van der Waals surface area contributed by atoms with Crippen LogP contribution >= 0.6 is 0 Å². The Morgan fingerprint density at radius 3 is 2.00 bits per heavy atom.